The number of H-pyrrole nitrogens is 1. The first-order valence-corrected chi connectivity index (χ1v) is 12.3. The molecule has 1 aromatic heterocycles. The van der Waals surface area contributed by atoms with E-state index in [9.17, 15) is 4.79 Å². The lowest BCUT2D eigenvalue weighted by Gasteiger charge is -2.43. The van der Waals surface area contributed by atoms with E-state index in [1.54, 1.807) is 0 Å². The summed E-state index contributed by atoms with van der Waals surface area (Å²) in [7, 11) is 2.16. The number of fused-ring (bicyclic) bond motifs is 1. The Kier molecular flexibility index (Phi) is 6.26. The van der Waals surface area contributed by atoms with E-state index in [1.807, 2.05) is 67.6 Å². The Labute approximate surface area is 210 Å². The summed E-state index contributed by atoms with van der Waals surface area (Å²) in [5.41, 5.74) is 6.09. The first kappa shape index (κ1) is 23.4. The van der Waals surface area contributed by atoms with Crippen molar-refractivity contribution in [2.24, 2.45) is 0 Å². The van der Waals surface area contributed by atoms with Gasteiger partial charge in [0.25, 0.3) is 5.91 Å². The number of nitrogens with zero attached hydrogens (tertiary/aromatic N) is 3. The number of nitrogens with one attached hydrogen (secondary N) is 2. The molecular weight excluding hydrogens is 458 g/mol. The van der Waals surface area contributed by atoms with Crippen LogP contribution in [0.4, 0.5) is 11.4 Å². The normalized spacial score (nSPS) is 18.7. The molecule has 0 aliphatic carbocycles. The van der Waals surface area contributed by atoms with Gasteiger partial charge in [-0.05, 0) is 75.8 Å². The number of carbonyl (C=O) groups is 1. The van der Waals surface area contributed by atoms with Crippen LogP contribution in [0, 0.1) is 6.92 Å². The van der Waals surface area contributed by atoms with E-state index in [-0.39, 0.29) is 5.91 Å². The van der Waals surface area contributed by atoms with Crippen molar-refractivity contribution in [3.63, 3.8) is 0 Å². The lowest BCUT2D eigenvalue weighted by molar-refractivity contribution is 0.102. The van der Waals surface area contributed by atoms with Crippen molar-refractivity contribution >= 4 is 39.9 Å². The fraction of sp³-hybridized carbons (Fsp3) is 0.286. The Bertz CT molecular complexity index is 1350. The zero-order valence-electron chi connectivity index (χ0n) is 20.5. The molecule has 5 rings (SSSR count). The molecule has 0 spiro atoms. The van der Waals surface area contributed by atoms with Gasteiger partial charge in [0.15, 0.2) is 0 Å². The summed E-state index contributed by atoms with van der Waals surface area (Å²) in [6, 6.07) is 20.3. The van der Waals surface area contributed by atoms with E-state index in [2.05, 4.69) is 41.0 Å². The third-order valence-electron chi connectivity index (χ3n) is 7.06. The maximum absolute atomic E-state index is 13.1. The van der Waals surface area contributed by atoms with Crippen LogP contribution in [0.2, 0.25) is 5.02 Å². The number of benzene rings is 3. The number of carbonyl (C=O) groups excluding carboxylic acids is 1. The number of halogens is 1. The molecule has 2 N–H and O–H groups in total. The van der Waals surface area contributed by atoms with Crippen LogP contribution < -0.4 is 10.2 Å². The number of aromatic amines is 1. The van der Waals surface area contributed by atoms with E-state index in [0.717, 1.165) is 46.8 Å². The lowest BCUT2D eigenvalue weighted by atomic mass is 10.1. The first-order chi connectivity index (χ1) is 16.8. The number of anilines is 2. The van der Waals surface area contributed by atoms with Gasteiger partial charge in [-0.25, -0.2) is 4.98 Å². The molecule has 0 radical (unpaired) electrons. The smallest absolute Gasteiger partial charge is 0.257 e. The number of imidazole rings is 1. The zero-order valence-corrected chi connectivity index (χ0v) is 21.2. The summed E-state index contributed by atoms with van der Waals surface area (Å²) >= 11 is 6.60. The predicted octanol–water partition coefficient (Wildman–Crippen LogP) is 5.97. The average molecular weight is 488 g/mol. The van der Waals surface area contributed by atoms with Gasteiger partial charge >= 0.3 is 0 Å². The van der Waals surface area contributed by atoms with Crippen LogP contribution in [0.5, 0.6) is 0 Å². The van der Waals surface area contributed by atoms with Crippen molar-refractivity contribution in [3.05, 3.63) is 76.8 Å². The minimum atomic E-state index is -0.235. The maximum Gasteiger partial charge on any atom is 0.257 e. The third kappa shape index (κ3) is 4.64. The summed E-state index contributed by atoms with van der Waals surface area (Å²) in [6.45, 7) is 8.34. The molecule has 1 saturated heterocycles. The fourth-order valence-electron chi connectivity index (χ4n) is 4.73. The molecule has 4 aromatic rings. The molecule has 7 heteroatoms. The molecule has 0 bridgehead atoms. The van der Waals surface area contributed by atoms with E-state index >= 15 is 0 Å². The maximum atomic E-state index is 13.1. The van der Waals surface area contributed by atoms with Gasteiger partial charge in [0, 0.05) is 42.1 Å². The standard InChI is InChI=1S/C28H30ClN5O/c1-17-9-10-20(13-23(17)27-31-25-7-5-6-8-26(25)32-27)30-28(35)22-12-11-21(14-24(22)29)34-15-18(2)33(4)19(3)16-34/h5-14,18-19H,15-16H2,1-4H3,(H,30,35)(H,31,32)/t18-,19+. The minimum Gasteiger partial charge on any atom is -0.368 e. The molecule has 180 valence electrons. The molecule has 2 atom stereocenters. The number of aromatic nitrogens is 2. The van der Waals surface area contributed by atoms with E-state index in [4.69, 9.17) is 16.6 Å². The number of para-hydroxylation sites is 2. The predicted molar refractivity (Wildman–Crippen MR) is 145 cm³/mol. The number of amides is 1. The topological polar surface area (TPSA) is 64.3 Å². The Morgan fingerprint density at radius 3 is 2.51 bits per heavy atom. The summed E-state index contributed by atoms with van der Waals surface area (Å²) in [5.74, 6) is 0.541. The molecule has 2 heterocycles. The number of hydrogen-bond acceptors (Lipinski definition) is 4. The SMILES string of the molecule is Cc1ccc(NC(=O)c2ccc(N3C[C@@H](C)N(C)[C@@H](C)C3)cc2Cl)cc1-c1nc2ccccc2[nH]1. The molecule has 3 aromatic carbocycles. The van der Waals surface area contributed by atoms with Gasteiger partial charge in [0.2, 0.25) is 0 Å². The second kappa shape index (κ2) is 9.36. The Hall–Kier alpha value is -3.35. The largest absolute Gasteiger partial charge is 0.368 e. The second-order valence-corrected chi connectivity index (χ2v) is 9.93. The van der Waals surface area contributed by atoms with E-state index in [1.165, 1.54) is 0 Å². The summed E-state index contributed by atoms with van der Waals surface area (Å²) in [4.78, 5) is 25.9. The highest BCUT2D eigenvalue weighted by molar-refractivity contribution is 6.34. The lowest BCUT2D eigenvalue weighted by Crippen LogP contribution is -2.55. The van der Waals surface area contributed by atoms with Crippen molar-refractivity contribution < 1.29 is 4.79 Å². The van der Waals surface area contributed by atoms with Crippen LogP contribution in [-0.4, -0.2) is 53.0 Å². The molecule has 1 aliphatic heterocycles. The molecule has 1 aliphatic rings. The van der Waals surface area contributed by atoms with Crippen molar-refractivity contribution in [2.45, 2.75) is 32.9 Å². The summed E-state index contributed by atoms with van der Waals surface area (Å²) in [5, 5.41) is 3.45. The Morgan fingerprint density at radius 1 is 1.06 bits per heavy atom. The van der Waals surface area contributed by atoms with Crippen LogP contribution in [0.15, 0.2) is 60.7 Å². The van der Waals surface area contributed by atoms with Crippen molar-refractivity contribution in [3.8, 4) is 11.4 Å². The quantitative estimate of drug-likeness (QED) is 0.372. The number of likely N-dealkylation sites (N-methyl/N-ethyl adjacent to an activating group) is 1. The fourth-order valence-corrected chi connectivity index (χ4v) is 4.99. The second-order valence-electron chi connectivity index (χ2n) is 9.52. The number of aryl methyl sites for hydroxylation is 1. The van der Waals surface area contributed by atoms with Crippen LogP contribution in [0.25, 0.3) is 22.4 Å². The van der Waals surface area contributed by atoms with E-state index < -0.39 is 0 Å². The molecule has 0 saturated carbocycles. The van der Waals surface area contributed by atoms with Crippen molar-refractivity contribution in [2.75, 3.05) is 30.4 Å². The Morgan fingerprint density at radius 2 is 1.80 bits per heavy atom. The third-order valence-corrected chi connectivity index (χ3v) is 7.37. The monoisotopic (exact) mass is 487 g/mol. The van der Waals surface area contributed by atoms with Gasteiger partial charge < -0.3 is 15.2 Å². The van der Waals surface area contributed by atoms with Gasteiger partial charge in [-0.3, -0.25) is 9.69 Å². The van der Waals surface area contributed by atoms with Gasteiger partial charge in [-0.15, -0.1) is 0 Å². The summed E-state index contributed by atoms with van der Waals surface area (Å²) in [6.07, 6.45) is 0. The molecule has 1 fully saturated rings. The van der Waals surface area contributed by atoms with Crippen LogP contribution >= 0.6 is 11.6 Å². The van der Waals surface area contributed by atoms with Crippen molar-refractivity contribution in [1.29, 1.82) is 0 Å². The minimum absolute atomic E-state index is 0.235. The molecule has 35 heavy (non-hydrogen) atoms. The summed E-state index contributed by atoms with van der Waals surface area (Å²) < 4.78 is 0. The van der Waals surface area contributed by atoms with Gasteiger partial charge in [-0.1, -0.05) is 29.8 Å². The number of hydrogen-bond donors (Lipinski definition) is 2. The first-order valence-electron chi connectivity index (χ1n) is 11.9. The van der Waals surface area contributed by atoms with Crippen LogP contribution in [0.1, 0.15) is 29.8 Å². The van der Waals surface area contributed by atoms with Crippen molar-refractivity contribution in [1.82, 2.24) is 14.9 Å². The molecule has 1 amide bonds. The highest BCUT2D eigenvalue weighted by atomic mass is 35.5. The Balaban J connectivity index is 1.36. The van der Waals surface area contributed by atoms with Gasteiger partial charge in [0.1, 0.15) is 5.82 Å². The highest BCUT2D eigenvalue weighted by Gasteiger charge is 2.27. The van der Waals surface area contributed by atoms with Gasteiger partial charge in [-0.2, -0.15) is 0 Å². The number of rotatable bonds is 4. The van der Waals surface area contributed by atoms with Crippen LogP contribution in [-0.2, 0) is 0 Å². The molecule has 6 nitrogen and oxygen atoms in total. The average Bonchev–Trinajstić information content (AvgIpc) is 3.27. The number of piperazine rings is 1. The van der Waals surface area contributed by atoms with Crippen LogP contribution in [0.3, 0.4) is 0 Å². The molecule has 0 unspecified atom stereocenters. The van der Waals surface area contributed by atoms with E-state index in [0.29, 0.717) is 28.4 Å². The molecular formula is C28H30ClN5O. The highest BCUT2D eigenvalue weighted by Crippen LogP contribution is 2.29. The zero-order chi connectivity index (χ0) is 24.7. The van der Waals surface area contributed by atoms with Gasteiger partial charge in [0.05, 0.1) is 21.6 Å².